The molecule has 28 heavy (non-hydrogen) atoms. The first-order valence-corrected chi connectivity index (χ1v) is 8.99. The van der Waals surface area contributed by atoms with Gasteiger partial charge in [0, 0.05) is 19.0 Å². The maximum atomic E-state index is 13.6. The van der Waals surface area contributed by atoms with Gasteiger partial charge in [-0.25, -0.2) is 0 Å². The zero-order chi connectivity index (χ0) is 20.1. The molecule has 1 unspecified atom stereocenters. The van der Waals surface area contributed by atoms with Crippen molar-refractivity contribution >= 4 is 29.1 Å². The normalized spacial score (nSPS) is 23.5. The van der Waals surface area contributed by atoms with Crippen LogP contribution < -0.4 is 10.2 Å². The predicted octanol–water partition coefficient (Wildman–Crippen LogP) is 2.33. The van der Waals surface area contributed by atoms with Crippen LogP contribution in [0.3, 0.4) is 0 Å². The monoisotopic (exact) mass is 416 g/mol. The lowest BCUT2D eigenvalue weighted by Gasteiger charge is -2.36. The van der Waals surface area contributed by atoms with E-state index in [0.29, 0.717) is 31.7 Å². The highest BCUT2D eigenvalue weighted by Gasteiger charge is 2.61. The molecule has 2 aromatic heterocycles. The average molecular weight is 417 g/mol. The number of alkyl halides is 3. The summed E-state index contributed by atoms with van der Waals surface area (Å²) in [6.07, 6.45) is -5.08. The molecule has 1 saturated heterocycles. The quantitative estimate of drug-likeness (QED) is 0.693. The maximum Gasteiger partial charge on any atom is 0.422 e. The molecule has 0 radical (unpaired) electrons. The van der Waals surface area contributed by atoms with Crippen LogP contribution >= 0.6 is 11.6 Å². The number of nitrogens with one attached hydrogen (secondary N) is 2. The minimum atomic E-state index is -5.00. The van der Waals surface area contributed by atoms with Crippen LogP contribution in [0.4, 0.5) is 24.8 Å². The van der Waals surface area contributed by atoms with Crippen molar-refractivity contribution in [3.63, 3.8) is 0 Å². The largest absolute Gasteiger partial charge is 0.422 e. The molecule has 1 amide bonds. The summed E-state index contributed by atoms with van der Waals surface area (Å²) >= 11 is 5.73. The summed E-state index contributed by atoms with van der Waals surface area (Å²) in [6, 6.07) is 3.34. The number of carbonyl (C=O) groups is 1. The Morgan fingerprint density at radius 2 is 1.96 bits per heavy atom. The van der Waals surface area contributed by atoms with Gasteiger partial charge >= 0.3 is 6.18 Å². The summed E-state index contributed by atoms with van der Waals surface area (Å²) in [5.41, 5.74) is -3.51. The van der Waals surface area contributed by atoms with Crippen molar-refractivity contribution in [1.29, 1.82) is 0 Å². The molecule has 0 bridgehead atoms. The minimum Gasteiger partial charge on any atom is -0.376 e. The molecule has 4 heterocycles. The summed E-state index contributed by atoms with van der Waals surface area (Å²) < 4.78 is 40.8. The van der Waals surface area contributed by atoms with Crippen molar-refractivity contribution < 1.29 is 23.1 Å². The lowest BCUT2D eigenvalue weighted by Crippen LogP contribution is -2.49. The Morgan fingerprint density at radius 3 is 2.57 bits per heavy atom. The fourth-order valence-electron chi connectivity index (χ4n) is 3.77. The van der Waals surface area contributed by atoms with Gasteiger partial charge in [0.2, 0.25) is 5.91 Å². The summed E-state index contributed by atoms with van der Waals surface area (Å²) in [5, 5.41) is 27.3. The van der Waals surface area contributed by atoms with Crippen molar-refractivity contribution in [3.8, 4) is 0 Å². The number of H-pyrrole nitrogens is 1. The molecule has 3 N–H and O–H groups in total. The third kappa shape index (κ3) is 3.08. The fourth-order valence-corrected chi connectivity index (χ4v) is 3.87. The Bertz CT molecular complexity index is 895. The van der Waals surface area contributed by atoms with E-state index in [1.165, 1.54) is 0 Å². The summed E-state index contributed by atoms with van der Waals surface area (Å²) in [6.45, 7) is 1.05. The number of aromatic amines is 1. The van der Waals surface area contributed by atoms with Gasteiger partial charge in [-0.05, 0) is 25.0 Å². The number of anilines is 2. The van der Waals surface area contributed by atoms with E-state index in [1.54, 1.807) is 12.1 Å². The van der Waals surface area contributed by atoms with Gasteiger partial charge in [-0.15, -0.1) is 10.2 Å². The second-order valence-electron chi connectivity index (χ2n) is 6.92. The number of aliphatic hydroxyl groups is 1. The van der Waals surface area contributed by atoms with E-state index in [9.17, 15) is 23.1 Å². The molecule has 4 rings (SSSR count). The number of carbonyl (C=O) groups excluding carboxylic acids is 1. The van der Waals surface area contributed by atoms with Gasteiger partial charge < -0.3 is 15.3 Å². The molecule has 2 aliphatic rings. The van der Waals surface area contributed by atoms with Gasteiger partial charge in [-0.1, -0.05) is 11.6 Å². The number of aromatic nitrogens is 4. The number of piperidine rings is 1. The number of hydrogen-bond donors (Lipinski definition) is 3. The summed E-state index contributed by atoms with van der Waals surface area (Å²) in [4.78, 5) is 13.6. The Balaban J connectivity index is 1.59. The van der Waals surface area contributed by atoms with Crippen LogP contribution in [0.25, 0.3) is 0 Å². The van der Waals surface area contributed by atoms with Crippen molar-refractivity contribution in [1.82, 2.24) is 20.4 Å². The Morgan fingerprint density at radius 1 is 1.25 bits per heavy atom. The van der Waals surface area contributed by atoms with Crippen molar-refractivity contribution in [2.75, 3.05) is 23.3 Å². The molecule has 0 aromatic carbocycles. The minimum absolute atomic E-state index is 0.136. The molecule has 2 aliphatic heterocycles. The first-order chi connectivity index (χ1) is 13.2. The first kappa shape index (κ1) is 18.9. The number of hydrogen-bond acceptors (Lipinski definition) is 6. The average Bonchev–Trinajstić information content (AvgIpc) is 3.06. The number of halogens is 4. The zero-order valence-electron chi connectivity index (χ0n) is 14.4. The van der Waals surface area contributed by atoms with E-state index >= 15 is 0 Å². The number of amides is 1. The van der Waals surface area contributed by atoms with Gasteiger partial charge in [0.1, 0.15) is 5.82 Å². The van der Waals surface area contributed by atoms with Gasteiger partial charge in [0.15, 0.2) is 16.6 Å². The standard InChI is InChI=1S/C16H16ClF3N6O2/c17-9-1-2-10(23-22-9)26-5-3-8(4-6-26)13-12-14(25-24-13)21-11(27)7-15(12,28)16(18,19)20/h1-2,8,28H,3-7H2,(H2,21,24,25,27). The Kier molecular flexibility index (Phi) is 4.46. The molecule has 0 spiro atoms. The molecule has 12 heteroatoms. The second kappa shape index (κ2) is 6.59. The van der Waals surface area contributed by atoms with Crippen molar-refractivity contribution in [2.24, 2.45) is 0 Å². The van der Waals surface area contributed by atoms with Gasteiger partial charge in [0.05, 0.1) is 17.7 Å². The highest BCUT2D eigenvalue weighted by molar-refractivity contribution is 6.29. The number of rotatable bonds is 2. The smallest absolute Gasteiger partial charge is 0.376 e. The molecular formula is C16H16ClF3N6O2. The molecule has 150 valence electrons. The molecule has 1 atom stereocenters. The topological polar surface area (TPSA) is 107 Å². The SMILES string of the molecule is O=C1CC(O)(C(F)(F)F)c2c(C3CCN(c4ccc(Cl)nn4)CC3)n[nH]c2N1. The van der Waals surface area contributed by atoms with Crippen LogP contribution in [0.5, 0.6) is 0 Å². The van der Waals surface area contributed by atoms with E-state index in [-0.39, 0.29) is 28.1 Å². The van der Waals surface area contributed by atoms with Crippen LogP contribution in [0.2, 0.25) is 5.15 Å². The number of nitrogens with zero attached hydrogens (tertiary/aromatic N) is 4. The molecule has 0 saturated carbocycles. The molecule has 1 fully saturated rings. The van der Waals surface area contributed by atoms with Crippen LogP contribution in [0, 0.1) is 0 Å². The van der Waals surface area contributed by atoms with Crippen molar-refractivity contribution in [2.45, 2.75) is 37.0 Å². The maximum absolute atomic E-state index is 13.6. The molecule has 2 aromatic rings. The summed E-state index contributed by atoms with van der Waals surface area (Å²) in [7, 11) is 0. The molecular weight excluding hydrogens is 401 g/mol. The van der Waals surface area contributed by atoms with E-state index < -0.39 is 24.1 Å². The van der Waals surface area contributed by atoms with Crippen LogP contribution in [0.15, 0.2) is 12.1 Å². The second-order valence-corrected chi connectivity index (χ2v) is 7.30. The fraction of sp³-hybridized carbons (Fsp3) is 0.500. The van der Waals surface area contributed by atoms with E-state index in [2.05, 4.69) is 25.7 Å². The van der Waals surface area contributed by atoms with Crippen molar-refractivity contribution in [3.05, 3.63) is 28.5 Å². The van der Waals surface area contributed by atoms with Crippen LogP contribution in [-0.4, -0.2) is 50.7 Å². The highest BCUT2D eigenvalue weighted by atomic mass is 35.5. The third-order valence-electron chi connectivity index (χ3n) is 5.18. The first-order valence-electron chi connectivity index (χ1n) is 8.61. The molecule has 0 aliphatic carbocycles. The zero-order valence-corrected chi connectivity index (χ0v) is 15.2. The Labute approximate surface area is 162 Å². The van der Waals surface area contributed by atoms with E-state index in [4.69, 9.17) is 11.6 Å². The number of fused-ring (bicyclic) bond motifs is 1. The molecule has 8 nitrogen and oxygen atoms in total. The third-order valence-corrected chi connectivity index (χ3v) is 5.38. The lowest BCUT2D eigenvalue weighted by molar-refractivity contribution is -0.267. The predicted molar refractivity (Wildman–Crippen MR) is 93.0 cm³/mol. The van der Waals surface area contributed by atoms with Gasteiger partial charge in [-0.2, -0.15) is 18.3 Å². The van der Waals surface area contributed by atoms with Gasteiger partial charge in [0.25, 0.3) is 0 Å². The van der Waals surface area contributed by atoms with Crippen LogP contribution in [0.1, 0.15) is 36.4 Å². The van der Waals surface area contributed by atoms with E-state index in [0.717, 1.165) is 0 Å². The lowest BCUT2D eigenvalue weighted by atomic mass is 9.81. The van der Waals surface area contributed by atoms with Gasteiger partial charge in [-0.3, -0.25) is 9.89 Å². The van der Waals surface area contributed by atoms with Crippen LogP contribution in [-0.2, 0) is 10.4 Å². The summed E-state index contributed by atoms with van der Waals surface area (Å²) in [5.74, 6) is -0.790. The highest BCUT2D eigenvalue weighted by Crippen LogP contribution is 2.49. The Hall–Kier alpha value is -2.40. The van der Waals surface area contributed by atoms with E-state index in [1.807, 2.05) is 4.90 Å².